The van der Waals surface area contributed by atoms with Crippen LogP contribution < -0.4 is 5.73 Å². The summed E-state index contributed by atoms with van der Waals surface area (Å²) in [5.74, 6) is -1.24. The molecule has 0 unspecified atom stereocenters. The number of nitrogens with two attached hydrogens (primary N) is 1. The van der Waals surface area contributed by atoms with Crippen LogP contribution in [0.4, 0.5) is 0 Å². The first kappa shape index (κ1) is 10.3. The monoisotopic (exact) mass is 293 g/mol. The van der Waals surface area contributed by atoms with Gasteiger partial charge >= 0.3 is 5.97 Å². The van der Waals surface area contributed by atoms with Gasteiger partial charge in [0, 0.05) is 9.13 Å². The van der Waals surface area contributed by atoms with Crippen molar-refractivity contribution in [3.05, 3.63) is 27.3 Å². The van der Waals surface area contributed by atoms with Crippen LogP contribution in [0.15, 0.2) is 18.2 Å². The smallest absolute Gasteiger partial charge is 0.325 e. The summed E-state index contributed by atoms with van der Waals surface area (Å²) in [4.78, 5) is 10.5. The van der Waals surface area contributed by atoms with E-state index in [0.717, 1.165) is 3.57 Å². The summed E-state index contributed by atoms with van der Waals surface area (Å²) in [7, 11) is 0. The number of carboxylic acid groups (broad SMARTS) is 1. The van der Waals surface area contributed by atoms with E-state index in [4.69, 9.17) is 10.8 Å². The summed E-state index contributed by atoms with van der Waals surface area (Å²) in [6.07, 6.45) is 0. The maximum atomic E-state index is 10.5. The molecule has 0 heterocycles. The topological polar surface area (TPSA) is 83.6 Å². The Morgan fingerprint density at radius 3 is 2.69 bits per heavy atom. The van der Waals surface area contributed by atoms with Crippen molar-refractivity contribution in [3.8, 4) is 5.75 Å². The minimum absolute atomic E-state index is 0.0877. The van der Waals surface area contributed by atoms with Gasteiger partial charge in [0.15, 0.2) is 0 Å². The van der Waals surface area contributed by atoms with Crippen molar-refractivity contribution in [3.63, 3.8) is 0 Å². The zero-order valence-electron chi connectivity index (χ0n) is 6.57. The highest BCUT2D eigenvalue weighted by atomic mass is 127. The molecule has 0 radical (unpaired) electrons. The molecule has 13 heavy (non-hydrogen) atoms. The average Bonchev–Trinajstić information content (AvgIpc) is 2.08. The molecule has 5 heteroatoms. The highest BCUT2D eigenvalue weighted by molar-refractivity contribution is 14.1. The number of halogens is 1. The van der Waals surface area contributed by atoms with Crippen LogP contribution in [0.25, 0.3) is 0 Å². The van der Waals surface area contributed by atoms with E-state index < -0.39 is 12.0 Å². The van der Waals surface area contributed by atoms with E-state index >= 15 is 0 Å². The molecule has 0 saturated carbocycles. The fourth-order valence-corrected chi connectivity index (χ4v) is 1.42. The molecule has 1 atom stereocenters. The van der Waals surface area contributed by atoms with E-state index in [9.17, 15) is 9.90 Å². The highest BCUT2D eigenvalue weighted by Gasteiger charge is 2.17. The maximum absolute atomic E-state index is 10.5. The van der Waals surface area contributed by atoms with Crippen LogP contribution in [0.5, 0.6) is 5.75 Å². The molecule has 1 aromatic rings. The van der Waals surface area contributed by atoms with E-state index in [2.05, 4.69) is 0 Å². The number of carbonyl (C=O) groups is 1. The fraction of sp³-hybridized carbons (Fsp3) is 0.125. The lowest BCUT2D eigenvalue weighted by Gasteiger charge is -2.08. The normalized spacial score (nSPS) is 12.5. The number of benzene rings is 1. The van der Waals surface area contributed by atoms with Crippen LogP contribution in [0.3, 0.4) is 0 Å². The molecule has 0 bridgehead atoms. The number of rotatable bonds is 2. The summed E-state index contributed by atoms with van der Waals surface area (Å²) in [6, 6.07) is 3.48. The third-order valence-corrected chi connectivity index (χ3v) is 2.26. The van der Waals surface area contributed by atoms with Gasteiger partial charge < -0.3 is 15.9 Å². The summed E-state index contributed by atoms with van der Waals surface area (Å²) < 4.78 is 0.835. The molecule has 1 rings (SSSR count). The van der Waals surface area contributed by atoms with Crippen LogP contribution in [0.2, 0.25) is 0 Å². The first-order valence-corrected chi connectivity index (χ1v) is 4.57. The van der Waals surface area contributed by atoms with E-state index in [0.29, 0.717) is 0 Å². The number of hydrogen-bond donors (Lipinski definition) is 3. The van der Waals surface area contributed by atoms with Crippen molar-refractivity contribution in [2.45, 2.75) is 6.04 Å². The van der Waals surface area contributed by atoms with Crippen LogP contribution in [-0.4, -0.2) is 16.2 Å². The van der Waals surface area contributed by atoms with Crippen LogP contribution >= 0.6 is 22.6 Å². The lowest BCUT2D eigenvalue weighted by Crippen LogP contribution is -2.20. The number of carboxylic acids is 1. The van der Waals surface area contributed by atoms with Crippen molar-refractivity contribution >= 4 is 28.6 Å². The second-order valence-electron chi connectivity index (χ2n) is 2.52. The summed E-state index contributed by atoms with van der Waals surface area (Å²) in [6.45, 7) is 0. The molecule has 4 nitrogen and oxygen atoms in total. The largest absolute Gasteiger partial charge is 0.508 e. The number of phenols is 1. The Kier molecular flexibility index (Phi) is 3.10. The second kappa shape index (κ2) is 3.93. The second-order valence-corrected chi connectivity index (χ2v) is 3.76. The lowest BCUT2D eigenvalue weighted by atomic mass is 10.1. The zero-order chi connectivity index (χ0) is 10.0. The Morgan fingerprint density at radius 2 is 2.15 bits per heavy atom. The first-order valence-electron chi connectivity index (χ1n) is 3.49. The molecule has 70 valence electrons. The third-order valence-electron chi connectivity index (χ3n) is 1.59. The Labute approximate surface area is 88.5 Å². The predicted octanol–water partition coefficient (Wildman–Crippen LogP) is 1.08. The quantitative estimate of drug-likeness (QED) is 0.712. The van der Waals surface area contributed by atoms with Gasteiger partial charge in [0.1, 0.15) is 11.8 Å². The molecule has 1 aromatic carbocycles. The third kappa shape index (κ3) is 2.31. The van der Waals surface area contributed by atoms with Crippen molar-refractivity contribution < 1.29 is 15.0 Å². The molecule has 0 aliphatic rings. The van der Waals surface area contributed by atoms with Crippen LogP contribution in [0.1, 0.15) is 11.6 Å². The molecule has 0 saturated heterocycles. The van der Waals surface area contributed by atoms with Gasteiger partial charge in [0.05, 0.1) is 0 Å². The molecule has 0 fully saturated rings. The van der Waals surface area contributed by atoms with Crippen molar-refractivity contribution in [2.75, 3.05) is 0 Å². The molecule has 0 aliphatic heterocycles. The molecule has 0 spiro atoms. The average molecular weight is 293 g/mol. The van der Waals surface area contributed by atoms with E-state index in [1.807, 2.05) is 22.6 Å². The van der Waals surface area contributed by atoms with Gasteiger partial charge in [-0.2, -0.15) is 0 Å². The standard InChI is InChI=1S/C8H8INO3/c9-4-1-2-6(11)5(3-4)7(10)8(12)13/h1-3,7,11H,10H2,(H,12,13)/t7-/m0/s1. The number of hydrogen-bond acceptors (Lipinski definition) is 3. The molecular formula is C8H8INO3. The van der Waals surface area contributed by atoms with Gasteiger partial charge in [-0.3, -0.25) is 4.79 Å². The number of phenolic OH excluding ortho intramolecular Hbond substituents is 1. The minimum Gasteiger partial charge on any atom is -0.508 e. The van der Waals surface area contributed by atoms with Gasteiger partial charge in [-0.05, 0) is 40.8 Å². The van der Waals surface area contributed by atoms with Crippen molar-refractivity contribution in [2.24, 2.45) is 5.73 Å². The summed E-state index contributed by atoms with van der Waals surface area (Å²) in [5.41, 5.74) is 5.58. The van der Waals surface area contributed by atoms with Crippen molar-refractivity contribution in [1.82, 2.24) is 0 Å². The Morgan fingerprint density at radius 1 is 1.54 bits per heavy atom. The Bertz CT molecular complexity index is 340. The van der Waals surface area contributed by atoms with Gasteiger partial charge in [-0.1, -0.05) is 0 Å². The van der Waals surface area contributed by atoms with Gasteiger partial charge in [-0.25, -0.2) is 0 Å². The number of aliphatic carboxylic acids is 1. The van der Waals surface area contributed by atoms with Crippen LogP contribution in [0, 0.1) is 3.57 Å². The maximum Gasteiger partial charge on any atom is 0.325 e. The highest BCUT2D eigenvalue weighted by Crippen LogP contribution is 2.24. The summed E-state index contributed by atoms with van der Waals surface area (Å²) >= 11 is 2.02. The molecule has 4 N–H and O–H groups in total. The fourth-order valence-electron chi connectivity index (χ4n) is 0.908. The SMILES string of the molecule is N[C@H](C(=O)O)c1cc(I)ccc1O. The van der Waals surface area contributed by atoms with E-state index in [1.54, 1.807) is 12.1 Å². The van der Waals surface area contributed by atoms with E-state index in [1.165, 1.54) is 6.07 Å². The molecular weight excluding hydrogens is 285 g/mol. The number of aromatic hydroxyl groups is 1. The molecule has 0 aliphatic carbocycles. The summed E-state index contributed by atoms with van der Waals surface area (Å²) in [5, 5.41) is 17.9. The first-order chi connectivity index (χ1) is 6.02. The minimum atomic E-state index is -1.17. The Hall–Kier alpha value is -0.820. The molecule has 0 aromatic heterocycles. The predicted molar refractivity (Wildman–Crippen MR) is 55.4 cm³/mol. The molecule has 0 amide bonds. The lowest BCUT2D eigenvalue weighted by molar-refractivity contribution is -0.138. The van der Waals surface area contributed by atoms with Crippen LogP contribution in [-0.2, 0) is 4.79 Å². The van der Waals surface area contributed by atoms with Gasteiger partial charge in [-0.15, -0.1) is 0 Å². The Balaban J connectivity index is 3.12. The van der Waals surface area contributed by atoms with Gasteiger partial charge in [0.25, 0.3) is 0 Å². The van der Waals surface area contributed by atoms with Crippen molar-refractivity contribution in [1.29, 1.82) is 0 Å². The van der Waals surface area contributed by atoms with Gasteiger partial charge in [0.2, 0.25) is 0 Å². The zero-order valence-corrected chi connectivity index (χ0v) is 8.72. The van der Waals surface area contributed by atoms with E-state index in [-0.39, 0.29) is 11.3 Å².